The summed E-state index contributed by atoms with van der Waals surface area (Å²) >= 11 is 0. The molecule has 0 bridgehead atoms. The summed E-state index contributed by atoms with van der Waals surface area (Å²) in [4.78, 5) is 4.66. The van der Waals surface area contributed by atoms with Crippen LogP contribution in [0.15, 0.2) is 133 Å². The Morgan fingerprint density at radius 3 is 1.80 bits per heavy atom. The molecule has 0 spiro atoms. The first-order valence-corrected chi connectivity index (χ1v) is 13.9. The maximum atomic E-state index is 4.66. The van der Waals surface area contributed by atoms with Crippen LogP contribution in [-0.2, 0) is 0 Å². The van der Waals surface area contributed by atoms with Gasteiger partial charge in [-0.25, -0.2) is 0 Å². The van der Waals surface area contributed by atoms with Crippen LogP contribution in [0.2, 0.25) is 0 Å². The number of rotatable bonds is 4. The van der Waals surface area contributed by atoms with Crippen LogP contribution in [0.1, 0.15) is 18.1 Å². The summed E-state index contributed by atoms with van der Waals surface area (Å²) in [5.41, 5.74) is 12.1. The molecular formula is C38H30N2. The number of aromatic nitrogens is 1. The van der Waals surface area contributed by atoms with Crippen LogP contribution >= 0.6 is 0 Å². The normalized spacial score (nSPS) is 13.2. The lowest BCUT2D eigenvalue weighted by atomic mass is 9.85. The van der Waals surface area contributed by atoms with E-state index in [1.807, 2.05) is 12.3 Å². The number of aryl methyl sites for hydroxylation is 1. The van der Waals surface area contributed by atoms with Crippen LogP contribution in [-0.4, -0.2) is 11.5 Å². The highest BCUT2D eigenvalue weighted by Crippen LogP contribution is 2.44. The van der Waals surface area contributed by atoms with E-state index in [1.54, 1.807) is 0 Å². The summed E-state index contributed by atoms with van der Waals surface area (Å²) < 4.78 is 0. The molecule has 2 heterocycles. The van der Waals surface area contributed by atoms with Crippen LogP contribution in [0.25, 0.3) is 60.6 Å². The van der Waals surface area contributed by atoms with E-state index in [4.69, 9.17) is 0 Å². The summed E-state index contributed by atoms with van der Waals surface area (Å²) in [6.07, 6.45) is 6.36. The van der Waals surface area contributed by atoms with Gasteiger partial charge in [0.15, 0.2) is 0 Å². The number of nitrogens with one attached hydrogen (secondary N) is 1. The summed E-state index contributed by atoms with van der Waals surface area (Å²) in [6, 6.07) is 39.7. The molecule has 1 aromatic heterocycles. The molecule has 0 radical (unpaired) electrons. The number of hydrogen-bond acceptors (Lipinski definition) is 2. The van der Waals surface area contributed by atoms with Crippen LogP contribution in [0.3, 0.4) is 0 Å². The highest BCUT2D eigenvalue weighted by Gasteiger charge is 2.17. The zero-order valence-electron chi connectivity index (χ0n) is 22.8. The number of allylic oxidation sites excluding steroid dienone is 3. The van der Waals surface area contributed by atoms with E-state index in [-0.39, 0.29) is 0 Å². The lowest BCUT2D eigenvalue weighted by molar-refractivity contribution is 0.895. The predicted molar refractivity (Wildman–Crippen MR) is 170 cm³/mol. The number of fused-ring (bicyclic) bond motifs is 2. The van der Waals surface area contributed by atoms with Crippen molar-refractivity contribution in [3.8, 4) is 33.5 Å². The van der Waals surface area contributed by atoms with E-state index in [9.17, 15) is 0 Å². The molecule has 0 atom stereocenters. The first-order chi connectivity index (χ1) is 19.7. The minimum absolute atomic E-state index is 0.872. The Kier molecular flexibility index (Phi) is 6.02. The first-order valence-electron chi connectivity index (χ1n) is 13.9. The van der Waals surface area contributed by atoms with E-state index < -0.39 is 0 Å². The van der Waals surface area contributed by atoms with Crippen LogP contribution < -0.4 is 5.32 Å². The third-order valence-corrected chi connectivity index (χ3v) is 7.88. The van der Waals surface area contributed by atoms with Gasteiger partial charge in [-0.2, -0.15) is 0 Å². The van der Waals surface area contributed by atoms with Gasteiger partial charge in [-0.3, -0.25) is 4.98 Å². The molecule has 0 fully saturated rings. The quantitative estimate of drug-likeness (QED) is 0.237. The molecule has 40 heavy (non-hydrogen) atoms. The van der Waals surface area contributed by atoms with Gasteiger partial charge in [-0.15, -0.1) is 0 Å². The number of pyridine rings is 1. The van der Waals surface area contributed by atoms with Gasteiger partial charge in [0.25, 0.3) is 0 Å². The van der Waals surface area contributed by atoms with Gasteiger partial charge in [0.2, 0.25) is 0 Å². The zero-order chi connectivity index (χ0) is 27.1. The second-order valence-corrected chi connectivity index (χ2v) is 10.6. The summed E-state index contributed by atoms with van der Waals surface area (Å²) in [6.45, 7) is 5.11. The fraction of sp³-hybridized carbons (Fsp3) is 0.0789. The van der Waals surface area contributed by atoms with Crippen molar-refractivity contribution >= 4 is 27.1 Å². The molecule has 2 nitrogen and oxygen atoms in total. The highest BCUT2D eigenvalue weighted by molar-refractivity contribution is 6.21. The molecule has 1 aliphatic heterocycles. The SMILES string of the molecule is CC1=CC(c2ccc(-c3c4ccccc4c(-c4cccc(-c5cc(C)ccn5)c4)c4ccccc34)cc2)=CCN1. The van der Waals surface area contributed by atoms with Gasteiger partial charge in [0.05, 0.1) is 5.69 Å². The fourth-order valence-corrected chi connectivity index (χ4v) is 5.97. The average molecular weight is 515 g/mol. The molecule has 1 N–H and O–H groups in total. The largest absolute Gasteiger partial charge is 0.385 e. The molecule has 7 rings (SSSR count). The topological polar surface area (TPSA) is 24.9 Å². The zero-order valence-corrected chi connectivity index (χ0v) is 22.8. The first kappa shape index (κ1) is 24.1. The van der Waals surface area contributed by atoms with E-state index >= 15 is 0 Å². The van der Waals surface area contributed by atoms with Crippen molar-refractivity contribution < 1.29 is 0 Å². The maximum Gasteiger partial charge on any atom is 0.0704 e. The lowest BCUT2D eigenvalue weighted by Crippen LogP contribution is -2.14. The van der Waals surface area contributed by atoms with Gasteiger partial charge in [0, 0.05) is 24.0 Å². The average Bonchev–Trinajstić information content (AvgIpc) is 3.00. The smallest absolute Gasteiger partial charge is 0.0704 e. The van der Waals surface area contributed by atoms with Gasteiger partial charge < -0.3 is 5.32 Å². The standard InChI is InChI=1S/C38H30N2/c1-25-18-20-40-36(22-25)30-8-7-9-31(24-30)38-34-12-5-3-10-32(34)37(33-11-4-6-13-35(33)38)28-16-14-27(15-17-28)29-19-21-39-26(2)23-29/h3-20,22-24,39H,21H2,1-2H3. The van der Waals surface area contributed by atoms with E-state index in [0.717, 1.165) is 17.8 Å². The Labute approximate surface area is 235 Å². The lowest BCUT2D eigenvalue weighted by Gasteiger charge is -2.18. The van der Waals surface area contributed by atoms with E-state index in [2.05, 4.69) is 139 Å². The van der Waals surface area contributed by atoms with Crippen molar-refractivity contribution in [2.45, 2.75) is 13.8 Å². The van der Waals surface area contributed by atoms with Crippen molar-refractivity contribution in [2.75, 3.05) is 6.54 Å². The highest BCUT2D eigenvalue weighted by atomic mass is 14.9. The van der Waals surface area contributed by atoms with E-state index in [1.165, 1.54) is 66.2 Å². The van der Waals surface area contributed by atoms with Crippen molar-refractivity contribution in [1.29, 1.82) is 0 Å². The van der Waals surface area contributed by atoms with Crippen molar-refractivity contribution in [3.63, 3.8) is 0 Å². The maximum absolute atomic E-state index is 4.66. The van der Waals surface area contributed by atoms with Gasteiger partial charge >= 0.3 is 0 Å². The summed E-state index contributed by atoms with van der Waals surface area (Å²) in [5, 5.41) is 8.42. The molecule has 0 saturated heterocycles. The van der Waals surface area contributed by atoms with Crippen LogP contribution in [0.5, 0.6) is 0 Å². The number of hydrogen-bond donors (Lipinski definition) is 1. The molecule has 1 aliphatic rings. The number of benzene rings is 5. The second-order valence-electron chi connectivity index (χ2n) is 10.6. The summed E-state index contributed by atoms with van der Waals surface area (Å²) in [7, 11) is 0. The molecular weight excluding hydrogens is 484 g/mol. The Morgan fingerprint density at radius 2 is 1.18 bits per heavy atom. The number of nitrogens with zero attached hydrogens (tertiary/aromatic N) is 1. The predicted octanol–water partition coefficient (Wildman–Crippen LogP) is 9.59. The third kappa shape index (κ3) is 4.28. The Hall–Kier alpha value is -4.95. The minimum atomic E-state index is 0.872. The Bertz CT molecular complexity index is 1900. The fourth-order valence-electron chi connectivity index (χ4n) is 5.97. The molecule has 0 aliphatic carbocycles. The van der Waals surface area contributed by atoms with Gasteiger partial charge in [-0.1, -0.05) is 97.1 Å². The minimum Gasteiger partial charge on any atom is -0.385 e. The van der Waals surface area contributed by atoms with Gasteiger partial charge in [-0.05, 0) is 98.6 Å². The Balaban J connectivity index is 1.43. The van der Waals surface area contributed by atoms with Crippen molar-refractivity contribution in [1.82, 2.24) is 10.3 Å². The monoisotopic (exact) mass is 514 g/mol. The van der Waals surface area contributed by atoms with E-state index in [0.29, 0.717) is 0 Å². The van der Waals surface area contributed by atoms with Gasteiger partial charge in [0.1, 0.15) is 0 Å². The van der Waals surface area contributed by atoms with Crippen LogP contribution in [0, 0.1) is 6.92 Å². The molecule has 0 unspecified atom stereocenters. The molecule has 5 aromatic carbocycles. The molecule has 0 amide bonds. The summed E-state index contributed by atoms with van der Waals surface area (Å²) in [5.74, 6) is 0. The van der Waals surface area contributed by atoms with Crippen molar-refractivity contribution in [3.05, 3.63) is 144 Å². The molecule has 0 saturated carbocycles. The van der Waals surface area contributed by atoms with Crippen molar-refractivity contribution in [2.24, 2.45) is 0 Å². The Morgan fingerprint density at radius 1 is 0.575 bits per heavy atom. The third-order valence-electron chi connectivity index (χ3n) is 7.88. The molecule has 2 heteroatoms. The van der Waals surface area contributed by atoms with Crippen LogP contribution in [0.4, 0.5) is 0 Å². The molecule has 6 aromatic rings. The molecule has 192 valence electrons. The second kappa shape index (κ2) is 9.98. The number of dihydropyridines is 1.